The van der Waals surface area contributed by atoms with Crippen molar-refractivity contribution >= 4 is 11.7 Å². The number of carbonyl (C=O) groups is 2. The molecule has 5 nitrogen and oxygen atoms in total. The summed E-state index contributed by atoms with van der Waals surface area (Å²) in [5.41, 5.74) is 1.19. The molecule has 1 amide bonds. The molecule has 2 saturated carbocycles. The lowest BCUT2D eigenvalue weighted by molar-refractivity contribution is 0.0787. The molecule has 1 N–H and O–H groups in total. The summed E-state index contributed by atoms with van der Waals surface area (Å²) in [5.74, 6) is 0.931. The summed E-state index contributed by atoms with van der Waals surface area (Å²) in [6.45, 7) is 4.41. The number of Topliss-reactive ketones (excluding diaryl/α,β-unsaturated/α-hetero) is 1. The number of amides is 1. The van der Waals surface area contributed by atoms with Crippen molar-refractivity contribution in [1.82, 2.24) is 14.8 Å². The number of hydrogen-bond donors (Lipinski definition) is 1. The Labute approximate surface area is 143 Å². The van der Waals surface area contributed by atoms with Crippen LogP contribution in [0.5, 0.6) is 0 Å². The lowest BCUT2D eigenvalue weighted by atomic mass is 10.1. The molecule has 1 aromatic heterocycles. The molecule has 2 aliphatic carbocycles. The highest BCUT2D eigenvalue weighted by molar-refractivity contribution is 6.01. The van der Waals surface area contributed by atoms with Crippen LogP contribution < -0.4 is 0 Å². The predicted molar refractivity (Wildman–Crippen MR) is 92.2 cm³/mol. The maximum absolute atomic E-state index is 12.7. The zero-order valence-corrected chi connectivity index (χ0v) is 14.5. The average molecular weight is 329 g/mol. The smallest absolute Gasteiger partial charge is 0.270 e. The first kappa shape index (κ1) is 15.9. The van der Waals surface area contributed by atoms with Crippen LogP contribution in [0.2, 0.25) is 0 Å². The van der Waals surface area contributed by atoms with Crippen molar-refractivity contribution in [3.8, 4) is 0 Å². The normalized spacial score (nSPS) is 22.2. The number of aromatic nitrogens is 1. The molecule has 3 fully saturated rings. The number of H-pyrrole nitrogens is 1. The summed E-state index contributed by atoms with van der Waals surface area (Å²) in [4.78, 5) is 32.4. The minimum absolute atomic E-state index is 0.0250. The predicted octanol–water partition coefficient (Wildman–Crippen LogP) is 2.70. The molecule has 3 aliphatic rings. The molecule has 4 rings (SSSR count). The van der Waals surface area contributed by atoms with E-state index >= 15 is 0 Å². The number of nitrogens with one attached hydrogen (secondary N) is 1. The first-order chi connectivity index (χ1) is 11.6. The second kappa shape index (κ2) is 6.36. The fourth-order valence-corrected chi connectivity index (χ4v) is 3.89. The van der Waals surface area contributed by atoms with Gasteiger partial charge in [0.25, 0.3) is 5.91 Å². The van der Waals surface area contributed by atoms with E-state index in [0.717, 1.165) is 31.8 Å². The number of rotatable bonds is 7. The van der Waals surface area contributed by atoms with Crippen molar-refractivity contribution in [2.24, 2.45) is 5.92 Å². The van der Waals surface area contributed by atoms with E-state index in [4.69, 9.17) is 0 Å². The third-order valence-electron chi connectivity index (χ3n) is 5.80. The highest BCUT2D eigenvalue weighted by atomic mass is 16.2. The van der Waals surface area contributed by atoms with E-state index in [1.54, 1.807) is 12.3 Å². The van der Waals surface area contributed by atoms with Crippen LogP contribution in [0.15, 0.2) is 12.3 Å². The minimum Gasteiger partial charge on any atom is -0.356 e. The zero-order chi connectivity index (χ0) is 16.7. The van der Waals surface area contributed by atoms with Gasteiger partial charge >= 0.3 is 0 Å². The molecule has 0 radical (unpaired) electrons. The molecular formula is C19H27N3O2. The topological polar surface area (TPSA) is 56.4 Å². The van der Waals surface area contributed by atoms with Gasteiger partial charge in [0.15, 0.2) is 5.78 Å². The van der Waals surface area contributed by atoms with Crippen molar-refractivity contribution in [3.63, 3.8) is 0 Å². The monoisotopic (exact) mass is 329 g/mol. The number of carbonyl (C=O) groups excluding carboxylic acids is 2. The third-order valence-corrected chi connectivity index (χ3v) is 5.80. The Morgan fingerprint density at radius 1 is 1.25 bits per heavy atom. The van der Waals surface area contributed by atoms with Crippen molar-refractivity contribution in [2.75, 3.05) is 19.6 Å². The Balaban J connectivity index is 1.41. The van der Waals surface area contributed by atoms with E-state index in [-0.39, 0.29) is 11.7 Å². The van der Waals surface area contributed by atoms with E-state index in [0.29, 0.717) is 29.9 Å². The van der Waals surface area contributed by atoms with Gasteiger partial charge in [0, 0.05) is 36.9 Å². The molecule has 1 atom stereocenters. The molecule has 1 aromatic rings. The van der Waals surface area contributed by atoms with Gasteiger partial charge in [-0.2, -0.15) is 0 Å². The van der Waals surface area contributed by atoms with Gasteiger partial charge in [0.1, 0.15) is 5.69 Å². The van der Waals surface area contributed by atoms with E-state index in [2.05, 4.69) is 16.8 Å². The van der Waals surface area contributed by atoms with Crippen LogP contribution in [0.1, 0.15) is 66.3 Å². The summed E-state index contributed by atoms with van der Waals surface area (Å²) in [7, 11) is 0. The fourth-order valence-electron chi connectivity index (χ4n) is 3.89. The number of ketones is 1. The minimum atomic E-state index is 0.0250. The number of likely N-dealkylation sites (tertiary alicyclic amines) is 1. The number of aromatic amines is 1. The maximum atomic E-state index is 12.7. The Bertz CT molecular complexity index is 624. The standard InChI is InChI=1S/C19H27N3O2/c1-13(14-4-5-14)22(16-6-7-16)12-18(23)15-10-17(20-11-15)19(24)21-8-2-3-9-21/h10-11,13-14,16,20H,2-9,12H2,1H3. The summed E-state index contributed by atoms with van der Waals surface area (Å²) in [5, 5.41) is 0. The molecule has 0 spiro atoms. The molecule has 1 aliphatic heterocycles. The summed E-state index contributed by atoms with van der Waals surface area (Å²) in [6, 6.07) is 2.84. The lowest BCUT2D eigenvalue weighted by Crippen LogP contribution is -2.40. The second-order valence-corrected chi connectivity index (χ2v) is 7.71. The van der Waals surface area contributed by atoms with Crippen molar-refractivity contribution in [2.45, 2.75) is 57.5 Å². The number of hydrogen-bond acceptors (Lipinski definition) is 3. The van der Waals surface area contributed by atoms with Crippen molar-refractivity contribution in [1.29, 1.82) is 0 Å². The van der Waals surface area contributed by atoms with Crippen LogP contribution >= 0.6 is 0 Å². The average Bonchev–Trinajstić information content (AvgIpc) is 3.50. The lowest BCUT2D eigenvalue weighted by Gasteiger charge is -2.28. The van der Waals surface area contributed by atoms with Gasteiger partial charge in [-0.1, -0.05) is 0 Å². The van der Waals surface area contributed by atoms with E-state index in [9.17, 15) is 9.59 Å². The second-order valence-electron chi connectivity index (χ2n) is 7.71. The van der Waals surface area contributed by atoms with E-state index in [1.165, 1.54) is 25.7 Å². The summed E-state index contributed by atoms with van der Waals surface area (Å²) >= 11 is 0. The first-order valence-electron chi connectivity index (χ1n) is 9.40. The van der Waals surface area contributed by atoms with Crippen molar-refractivity contribution in [3.05, 3.63) is 23.5 Å². The van der Waals surface area contributed by atoms with Gasteiger partial charge in [0.05, 0.1) is 6.54 Å². The molecule has 1 saturated heterocycles. The molecule has 130 valence electrons. The maximum Gasteiger partial charge on any atom is 0.270 e. The number of nitrogens with zero attached hydrogens (tertiary/aromatic N) is 2. The van der Waals surface area contributed by atoms with E-state index < -0.39 is 0 Å². The van der Waals surface area contributed by atoms with Gasteiger partial charge < -0.3 is 9.88 Å². The summed E-state index contributed by atoms with van der Waals surface area (Å²) in [6.07, 6.45) is 8.90. The molecule has 2 heterocycles. The van der Waals surface area contributed by atoms with Gasteiger partial charge in [-0.05, 0) is 57.4 Å². The van der Waals surface area contributed by atoms with Crippen LogP contribution in [0.3, 0.4) is 0 Å². The van der Waals surface area contributed by atoms with Crippen LogP contribution in [-0.2, 0) is 0 Å². The Kier molecular flexibility index (Phi) is 4.21. The highest BCUT2D eigenvalue weighted by Gasteiger charge is 2.40. The SMILES string of the molecule is CC(C1CC1)N(CC(=O)c1c[nH]c(C(=O)N2CCCC2)c1)C1CC1. The quantitative estimate of drug-likeness (QED) is 0.783. The Hall–Kier alpha value is -1.62. The molecule has 0 aromatic carbocycles. The third kappa shape index (κ3) is 3.27. The van der Waals surface area contributed by atoms with Gasteiger partial charge in [-0.15, -0.1) is 0 Å². The van der Waals surface area contributed by atoms with Crippen LogP contribution in [-0.4, -0.2) is 58.2 Å². The molecular weight excluding hydrogens is 302 g/mol. The first-order valence-corrected chi connectivity index (χ1v) is 9.40. The molecule has 0 bridgehead atoms. The Morgan fingerprint density at radius 3 is 2.58 bits per heavy atom. The zero-order valence-electron chi connectivity index (χ0n) is 14.5. The summed E-state index contributed by atoms with van der Waals surface area (Å²) < 4.78 is 0. The molecule has 5 heteroatoms. The molecule has 24 heavy (non-hydrogen) atoms. The Morgan fingerprint density at radius 2 is 1.96 bits per heavy atom. The highest BCUT2D eigenvalue weighted by Crippen LogP contribution is 2.39. The van der Waals surface area contributed by atoms with Crippen LogP contribution in [0.4, 0.5) is 0 Å². The van der Waals surface area contributed by atoms with Crippen LogP contribution in [0.25, 0.3) is 0 Å². The fraction of sp³-hybridized carbons (Fsp3) is 0.684. The van der Waals surface area contributed by atoms with Gasteiger partial charge in [0.2, 0.25) is 0 Å². The molecule has 1 unspecified atom stereocenters. The van der Waals surface area contributed by atoms with Gasteiger partial charge in [-0.3, -0.25) is 14.5 Å². The van der Waals surface area contributed by atoms with Gasteiger partial charge in [-0.25, -0.2) is 0 Å². The largest absolute Gasteiger partial charge is 0.356 e. The van der Waals surface area contributed by atoms with Crippen LogP contribution in [0, 0.1) is 5.92 Å². The van der Waals surface area contributed by atoms with E-state index in [1.807, 2.05) is 4.90 Å². The van der Waals surface area contributed by atoms with Crippen molar-refractivity contribution < 1.29 is 9.59 Å².